The number of hydrogen-bond donors (Lipinski definition) is 2. The van der Waals surface area contributed by atoms with Crippen LogP contribution in [-0.2, 0) is 5.41 Å². The van der Waals surface area contributed by atoms with E-state index in [1.165, 1.54) is 0 Å². The van der Waals surface area contributed by atoms with Gasteiger partial charge in [-0.25, -0.2) is 9.78 Å². The van der Waals surface area contributed by atoms with E-state index < -0.39 is 11.4 Å². The van der Waals surface area contributed by atoms with E-state index in [9.17, 15) is 15.0 Å². The van der Waals surface area contributed by atoms with Crippen LogP contribution >= 0.6 is 11.6 Å². The third-order valence-corrected chi connectivity index (χ3v) is 5.72. The fraction of sp³-hybridized carbons (Fsp3) is 0.238. The van der Waals surface area contributed by atoms with Gasteiger partial charge in [0.15, 0.2) is 5.75 Å². The Hall–Kier alpha value is -2.59. The van der Waals surface area contributed by atoms with Crippen molar-refractivity contribution in [3.05, 3.63) is 69.4 Å². The average Bonchev–Trinajstić information content (AvgIpc) is 3.40. The Balaban J connectivity index is 2.04. The molecule has 1 heterocycles. The summed E-state index contributed by atoms with van der Waals surface area (Å²) in [6, 6.07) is 11.0. The van der Waals surface area contributed by atoms with Crippen molar-refractivity contribution in [3.8, 4) is 5.75 Å². The lowest BCUT2D eigenvalue weighted by Gasteiger charge is -2.20. The van der Waals surface area contributed by atoms with Gasteiger partial charge in [0.1, 0.15) is 5.56 Å². The zero-order chi connectivity index (χ0) is 18.6. The van der Waals surface area contributed by atoms with Gasteiger partial charge in [0.2, 0.25) is 0 Å². The maximum atomic E-state index is 11.9. The first-order valence-electron chi connectivity index (χ1n) is 8.48. The van der Waals surface area contributed by atoms with Crippen molar-refractivity contribution in [2.45, 2.75) is 32.1 Å². The molecule has 0 aliphatic heterocycles. The summed E-state index contributed by atoms with van der Waals surface area (Å²) in [5.41, 5.74) is 3.50. The number of halogens is 1. The zero-order valence-corrected chi connectivity index (χ0v) is 15.3. The smallest absolute Gasteiger partial charge is 0.340 e. The van der Waals surface area contributed by atoms with Crippen LogP contribution in [0.25, 0.3) is 10.9 Å². The van der Waals surface area contributed by atoms with Crippen LogP contribution in [0.15, 0.2) is 36.4 Å². The van der Waals surface area contributed by atoms with Crippen molar-refractivity contribution < 1.29 is 15.0 Å². The molecule has 5 heteroatoms. The van der Waals surface area contributed by atoms with Crippen LogP contribution in [-0.4, -0.2) is 21.2 Å². The van der Waals surface area contributed by atoms with E-state index in [1.54, 1.807) is 6.07 Å². The number of carbonyl (C=O) groups is 1. The second-order valence-corrected chi connectivity index (χ2v) is 7.42. The number of hydrogen-bond acceptors (Lipinski definition) is 3. The first kappa shape index (κ1) is 16.9. The van der Waals surface area contributed by atoms with E-state index in [2.05, 4.69) is 0 Å². The molecule has 0 amide bonds. The molecule has 2 N–H and O–H groups in total. The predicted molar refractivity (Wildman–Crippen MR) is 101 cm³/mol. The molecular formula is C21H18ClNO3. The number of pyridine rings is 1. The summed E-state index contributed by atoms with van der Waals surface area (Å²) in [6.07, 6.45) is 1.62. The van der Waals surface area contributed by atoms with Crippen LogP contribution in [0.3, 0.4) is 0 Å². The summed E-state index contributed by atoms with van der Waals surface area (Å²) >= 11 is 6.00. The van der Waals surface area contributed by atoms with Crippen molar-refractivity contribution in [2.24, 2.45) is 0 Å². The second kappa shape index (κ2) is 5.71. The van der Waals surface area contributed by atoms with Gasteiger partial charge in [0, 0.05) is 15.8 Å². The van der Waals surface area contributed by atoms with Crippen LogP contribution in [0.5, 0.6) is 5.75 Å². The predicted octanol–water partition coefficient (Wildman–Crippen LogP) is 4.99. The molecule has 4 nitrogen and oxygen atoms in total. The number of aromatic carboxylic acids is 1. The van der Waals surface area contributed by atoms with Crippen LogP contribution in [0.4, 0.5) is 0 Å². The van der Waals surface area contributed by atoms with Gasteiger partial charge >= 0.3 is 5.97 Å². The molecule has 1 aliphatic rings. The Bertz CT molecular complexity index is 1050. The zero-order valence-electron chi connectivity index (χ0n) is 14.5. The number of fused-ring (bicyclic) bond motifs is 1. The standard InChI is InChI=1S/C21H18ClNO3/c1-11-3-8-15-16(20(25)26)18(24)19(23-17(15)12(11)2)21(9-10-21)13-4-6-14(22)7-5-13/h3-8,24H,9-10H2,1-2H3,(H,25,26). The molecule has 1 aromatic heterocycles. The maximum Gasteiger partial charge on any atom is 0.340 e. The lowest BCUT2D eigenvalue weighted by Crippen LogP contribution is -2.14. The normalized spacial score (nSPS) is 15.2. The molecule has 0 atom stereocenters. The van der Waals surface area contributed by atoms with Gasteiger partial charge in [-0.15, -0.1) is 0 Å². The molecule has 1 fully saturated rings. The molecule has 1 aliphatic carbocycles. The number of carboxylic acid groups (broad SMARTS) is 1. The number of nitrogens with zero attached hydrogens (tertiary/aromatic N) is 1. The first-order chi connectivity index (χ1) is 12.3. The number of aryl methyl sites for hydroxylation is 2. The Morgan fingerprint density at radius 2 is 1.77 bits per heavy atom. The summed E-state index contributed by atoms with van der Waals surface area (Å²) in [6.45, 7) is 3.90. The van der Waals surface area contributed by atoms with Crippen LogP contribution in [0.1, 0.15) is 45.6 Å². The van der Waals surface area contributed by atoms with Gasteiger partial charge in [-0.3, -0.25) is 0 Å². The monoisotopic (exact) mass is 367 g/mol. The van der Waals surface area contributed by atoms with Crippen LogP contribution < -0.4 is 0 Å². The number of rotatable bonds is 3. The van der Waals surface area contributed by atoms with Crippen molar-refractivity contribution in [2.75, 3.05) is 0 Å². The molecule has 26 heavy (non-hydrogen) atoms. The highest BCUT2D eigenvalue weighted by molar-refractivity contribution is 6.30. The van der Waals surface area contributed by atoms with Gasteiger partial charge in [0.05, 0.1) is 11.2 Å². The molecule has 4 rings (SSSR count). The largest absolute Gasteiger partial charge is 0.505 e. The summed E-state index contributed by atoms with van der Waals surface area (Å²) in [5, 5.41) is 21.7. The van der Waals surface area contributed by atoms with Crippen LogP contribution in [0.2, 0.25) is 5.02 Å². The first-order valence-corrected chi connectivity index (χ1v) is 8.85. The van der Waals surface area contributed by atoms with E-state index in [-0.39, 0.29) is 11.3 Å². The minimum Gasteiger partial charge on any atom is -0.505 e. The topological polar surface area (TPSA) is 70.4 Å². The lowest BCUT2D eigenvalue weighted by molar-refractivity contribution is 0.0695. The molecule has 132 valence electrons. The average molecular weight is 368 g/mol. The highest BCUT2D eigenvalue weighted by Gasteiger charge is 2.50. The minimum absolute atomic E-state index is 0.0756. The molecule has 0 spiro atoms. The number of aromatic nitrogens is 1. The van der Waals surface area contributed by atoms with E-state index in [4.69, 9.17) is 16.6 Å². The summed E-state index contributed by atoms with van der Waals surface area (Å²) in [4.78, 5) is 16.7. The minimum atomic E-state index is -1.15. The van der Waals surface area contributed by atoms with Gasteiger partial charge in [-0.2, -0.15) is 0 Å². The molecule has 0 unspecified atom stereocenters. The van der Waals surface area contributed by atoms with Gasteiger partial charge in [-0.1, -0.05) is 35.9 Å². The summed E-state index contributed by atoms with van der Waals surface area (Å²) in [7, 11) is 0. The fourth-order valence-corrected chi connectivity index (χ4v) is 3.79. The van der Waals surface area contributed by atoms with Gasteiger partial charge in [-0.05, 0) is 55.5 Å². The second-order valence-electron chi connectivity index (χ2n) is 6.98. The maximum absolute atomic E-state index is 11.9. The van der Waals surface area contributed by atoms with Crippen molar-refractivity contribution in [1.82, 2.24) is 4.98 Å². The van der Waals surface area contributed by atoms with E-state index in [1.807, 2.05) is 44.2 Å². The summed E-state index contributed by atoms with van der Waals surface area (Å²) in [5.74, 6) is -1.38. The molecule has 2 aromatic carbocycles. The van der Waals surface area contributed by atoms with E-state index >= 15 is 0 Å². The van der Waals surface area contributed by atoms with E-state index in [0.29, 0.717) is 21.6 Å². The molecule has 0 saturated heterocycles. The summed E-state index contributed by atoms with van der Waals surface area (Å²) < 4.78 is 0. The number of carboxylic acids is 1. The Labute approximate surface area is 156 Å². The molecule has 0 bridgehead atoms. The quantitative estimate of drug-likeness (QED) is 0.684. The Morgan fingerprint density at radius 1 is 1.12 bits per heavy atom. The highest BCUT2D eigenvalue weighted by atomic mass is 35.5. The van der Waals surface area contributed by atoms with Crippen LogP contribution in [0, 0.1) is 13.8 Å². The SMILES string of the molecule is Cc1ccc2c(C(=O)O)c(O)c(C3(c4ccc(Cl)cc4)CC3)nc2c1C. The fourth-order valence-electron chi connectivity index (χ4n) is 3.66. The van der Waals surface area contributed by atoms with Crippen molar-refractivity contribution in [3.63, 3.8) is 0 Å². The molecular weight excluding hydrogens is 350 g/mol. The highest BCUT2D eigenvalue weighted by Crippen LogP contribution is 2.56. The van der Waals surface area contributed by atoms with Gasteiger partial charge in [0.25, 0.3) is 0 Å². The Morgan fingerprint density at radius 3 is 2.35 bits per heavy atom. The van der Waals surface area contributed by atoms with E-state index in [0.717, 1.165) is 29.5 Å². The Kier molecular flexibility index (Phi) is 3.70. The van der Waals surface area contributed by atoms with Crippen molar-refractivity contribution in [1.29, 1.82) is 0 Å². The van der Waals surface area contributed by atoms with Gasteiger partial charge < -0.3 is 10.2 Å². The molecule has 1 saturated carbocycles. The third-order valence-electron chi connectivity index (χ3n) is 5.47. The third kappa shape index (κ3) is 2.36. The molecule has 3 aromatic rings. The number of benzene rings is 2. The number of aromatic hydroxyl groups is 1. The van der Waals surface area contributed by atoms with Crippen molar-refractivity contribution >= 4 is 28.5 Å². The lowest BCUT2D eigenvalue weighted by atomic mass is 9.88. The molecule has 0 radical (unpaired) electrons.